The van der Waals surface area contributed by atoms with Crippen molar-refractivity contribution in [3.63, 3.8) is 0 Å². The average Bonchev–Trinajstić information content (AvgIpc) is 3.00. The van der Waals surface area contributed by atoms with Gasteiger partial charge in [0.15, 0.2) is 0 Å². The number of amides is 6. The number of carboxylic acid groups (broad SMARTS) is 2. The van der Waals surface area contributed by atoms with Crippen LogP contribution in [0.2, 0.25) is 0 Å². The molecule has 272 valence electrons. The topological polar surface area (TPSA) is 309 Å². The third kappa shape index (κ3) is 15.6. The van der Waals surface area contributed by atoms with Gasteiger partial charge in [-0.2, -0.15) is 0 Å². The molecule has 49 heavy (non-hydrogen) atoms. The second-order valence-electron chi connectivity index (χ2n) is 12.0. The quantitative estimate of drug-likeness (QED) is 0.0627. The smallest absolute Gasteiger partial charge is 0.326 e. The van der Waals surface area contributed by atoms with Gasteiger partial charge in [-0.05, 0) is 38.2 Å². The number of hydrogen-bond donors (Lipinski definition) is 10. The molecular formula is C31H47N7O11. The van der Waals surface area contributed by atoms with Crippen LogP contribution >= 0.6 is 0 Å². The minimum atomic E-state index is -1.70. The molecule has 0 aliphatic heterocycles. The van der Waals surface area contributed by atoms with E-state index in [1.54, 1.807) is 44.2 Å². The number of aliphatic hydroxyl groups is 1. The third-order valence-electron chi connectivity index (χ3n) is 7.10. The molecule has 1 aromatic rings. The summed E-state index contributed by atoms with van der Waals surface area (Å²) in [5, 5.41) is 40.5. The van der Waals surface area contributed by atoms with Crippen molar-refractivity contribution in [3.05, 3.63) is 35.9 Å². The van der Waals surface area contributed by atoms with Crippen molar-refractivity contribution in [1.29, 1.82) is 0 Å². The van der Waals surface area contributed by atoms with Gasteiger partial charge in [-0.15, -0.1) is 0 Å². The fourth-order valence-electron chi connectivity index (χ4n) is 4.46. The van der Waals surface area contributed by atoms with Gasteiger partial charge < -0.3 is 53.4 Å². The SMILES string of the molecule is CC(C)C[C@H](NC(=O)[C@H](Cc1ccccc1)NC(=O)[C@H](C)NC(=O)[C@@H](NC(=O)[C@H](CCC(N)=O)NC(=O)[C@@H](N)CC(=O)O)[C@@H](C)O)C(=O)O. The number of primary amides is 1. The van der Waals surface area contributed by atoms with Crippen LogP contribution in [-0.2, 0) is 44.8 Å². The number of aliphatic carboxylic acids is 2. The van der Waals surface area contributed by atoms with Crippen LogP contribution in [0.3, 0.4) is 0 Å². The van der Waals surface area contributed by atoms with Crippen LogP contribution in [-0.4, -0.2) is 105 Å². The number of aliphatic hydroxyl groups excluding tert-OH is 1. The van der Waals surface area contributed by atoms with Gasteiger partial charge in [0.1, 0.15) is 30.2 Å². The second kappa shape index (κ2) is 20.3. The summed E-state index contributed by atoms with van der Waals surface area (Å²) in [6.45, 7) is 6.00. The van der Waals surface area contributed by atoms with Crippen molar-refractivity contribution >= 4 is 47.4 Å². The molecule has 18 heteroatoms. The molecule has 0 saturated carbocycles. The van der Waals surface area contributed by atoms with Crippen molar-refractivity contribution in [2.75, 3.05) is 0 Å². The molecule has 12 N–H and O–H groups in total. The minimum absolute atomic E-state index is 0.0199. The summed E-state index contributed by atoms with van der Waals surface area (Å²) in [7, 11) is 0. The molecule has 0 fully saturated rings. The molecule has 0 aliphatic rings. The van der Waals surface area contributed by atoms with E-state index < -0.39 is 103 Å². The van der Waals surface area contributed by atoms with Crippen molar-refractivity contribution in [2.24, 2.45) is 17.4 Å². The zero-order valence-electron chi connectivity index (χ0n) is 27.8. The molecule has 18 nitrogen and oxygen atoms in total. The summed E-state index contributed by atoms with van der Waals surface area (Å²) < 4.78 is 0. The number of benzene rings is 1. The highest BCUT2D eigenvalue weighted by Crippen LogP contribution is 2.09. The van der Waals surface area contributed by atoms with Gasteiger partial charge in [-0.1, -0.05) is 44.2 Å². The fourth-order valence-corrected chi connectivity index (χ4v) is 4.46. The highest BCUT2D eigenvalue weighted by atomic mass is 16.4. The molecule has 1 aromatic carbocycles. The van der Waals surface area contributed by atoms with Gasteiger partial charge >= 0.3 is 11.9 Å². The van der Waals surface area contributed by atoms with Crippen LogP contribution in [0.1, 0.15) is 58.9 Å². The average molecular weight is 694 g/mol. The highest BCUT2D eigenvalue weighted by molar-refractivity contribution is 5.97. The van der Waals surface area contributed by atoms with Gasteiger partial charge in [0.2, 0.25) is 35.4 Å². The number of carbonyl (C=O) groups excluding carboxylic acids is 6. The molecule has 1 rings (SSSR count). The van der Waals surface area contributed by atoms with Crippen molar-refractivity contribution in [1.82, 2.24) is 26.6 Å². The summed E-state index contributed by atoms with van der Waals surface area (Å²) in [5.74, 6) is -8.28. The zero-order valence-corrected chi connectivity index (χ0v) is 27.8. The largest absolute Gasteiger partial charge is 0.481 e. The summed E-state index contributed by atoms with van der Waals surface area (Å²) >= 11 is 0. The van der Waals surface area contributed by atoms with Crippen LogP contribution in [0.25, 0.3) is 0 Å². The maximum absolute atomic E-state index is 13.2. The lowest BCUT2D eigenvalue weighted by molar-refractivity contribution is -0.143. The number of carbonyl (C=O) groups is 8. The lowest BCUT2D eigenvalue weighted by Gasteiger charge is -2.27. The van der Waals surface area contributed by atoms with E-state index in [-0.39, 0.29) is 25.2 Å². The van der Waals surface area contributed by atoms with E-state index in [9.17, 15) is 48.6 Å². The van der Waals surface area contributed by atoms with Crippen LogP contribution in [0.15, 0.2) is 30.3 Å². The van der Waals surface area contributed by atoms with Gasteiger partial charge in [0.05, 0.1) is 18.6 Å². The first-order chi connectivity index (χ1) is 22.8. The number of hydrogen-bond acceptors (Lipinski definition) is 10. The van der Waals surface area contributed by atoms with Crippen LogP contribution in [0.4, 0.5) is 0 Å². The van der Waals surface area contributed by atoms with E-state index in [2.05, 4.69) is 26.6 Å². The first-order valence-electron chi connectivity index (χ1n) is 15.5. The lowest BCUT2D eigenvalue weighted by Crippen LogP contribution is -2.61. The zero-order chi connectivity index (χ0) is 37.4. The first kappa shape index (κ1) is 41.9. The minimum Gasteiger partial charge on any atom is -0.481 e. The first-order valence-corrected chi connectivity index (χ1v) is 15.5. The van der Waals surface area contributed by atoms with Gasteiger partial charge in [-0.25, -0.2) is 4.79 Å². The normalized spacial score (nSPS) is 15.2. The summed E-state index contributed by atoms with van der Waals surface area (Å²) in [6.07, 6.45) is -2.95. The lowest BCUT2D eigenvalue weighted by atomic mass is 10.0. The van der Waals surface area contributed by atoms with Crippen molar-refractivity contribution in [2.45, 2.75) is 102 Å². The Bertz CT molecular complexity index is 1340. The molecule has 0 heterocycles. The number of rotatable bonds is 21. The maximum Gasteiger partial charge on any atom is 0.326 e. The summed E-state index contributed by atoms with van der Waals surface area (Å²) in [6, 6.07) is 0.00626. The van der Waals surface area contributed by atoms with E-state index in [0.717, 1.165) is 6.92 Å². The van der Waals surface area contributed by atoms with Gasteiger partial charge in [0, 0.05) is 12.8 Å². The van der Waals surface area contributed by atoms with E-state index in [1.807, 2.05) is 0 Å². The predicted molar refractivity (Wildman–Crippen MR) is 173 cm³/mol. The molecule has 0 aliphatic carbocycles. The summed E-state index contributed by atoms with van der Waals surface area (Å²) in [5.41, 5.74) is 11.3. The molecule has 7 atom stereocenters. The van der Waals surface area contributed by atoms with Gasteiger partial charge in [0.25, 0.3) is 0 Å². The van der Waals surface area contributed by atoms with E-state index >= 15 is 0 Å². The Hall–Kier alpha value is -5.10. The molecule has 0 spiro atoms. The molecule has 0 bridgehead atoms. The number of nitrogens with two attached hydrogens (primary N) is 2. The van der Waals surface area contributed by atoms with Crippen LogP contribution in [0, 0.1) is 5.92 Å². The highest BCUT2D eigenvalue weighted by Gasteiger charge is 2.34. The Labute approximate surface area is 283 Å². The second-order valence-corrected chi connectivity index (χ2v) is 12.0. The molecule has 0 saturated heterocycles. The molecule has 0 unspecified atom stereocenters. The number of nitrogens with one attached hydrogen (secondary N) is 5. The molecular weight excluding hydrogens is 646 g/mol. The van der Waals surface area contributed by atoms with E-state index in [4.69, 9.17) is 16.6 Å². The monoisotopic (exact) mass is 693 g/mol. The Morgan fingerprint density at radius 2 is 1.27 bits per heavy atom. The van der Waals surface area contributed by atoms with Crippen molar-refractivity contribution < 1.29 is 53.7 Å². The van der Waals surface area contributed by atoms with Crippen LogP contribution < -0.4 is 38.1 Å². The Balaban J connectivity index is 3.10. The van der Waals surface area contributed by atoms with E-state index in [0.29, 0.717) is 5.56 Å². The Kier molecular flexibility index (Phi) is 17.4. The molecule has 0 radical (unpaired) electrons. The maximum atomic E-state index is 13.2. The van der Waals surface area contributed by atoms with Crippen LogP contribution in [0.5, 0.6) is 0 Å². The summed E-state index contributed by atoms with van der Waals surface area (Å²) in [4.78, 5) is 99.0. The predicted octanol–water partition coefficient (Wildman–Crippen LogP) is -2.75. The van der Waals surface area contributed by atoms with Gasteiger partial charge in [-0.3, -0.25) is 33.6 Å². The third-order valence-corrected chi connectivity index (χ3v) is 7.10. The molecule has 6 amide bonds. The Morgan fingerprint density at radius 1 is 0.714 bits per heavy atom. The number of carboxylic acids is 2. The van der Waals surface area contributed by atoms with E-state index in [1.165, 1.54) is 6.92 Å². The van der Waals surface area contributed by atoms with Crippen molar-refractivity contribution in [3.8, 4) is 0 Å². The molecule has 0 aromatic heterocycles. The fraction of sp³-hybridized carbons (Fsp3) is 0.548. The Morgan fingerprint density at radius 3 is 1.78 bits per heavy atom. The standard InChI is InChI=1S/C31H47N7O11/c1-15(2)12-22(31(48)49)37-29(46)21(13-18-8-6-5-7-9-18)36-26(43)16(3)34-30(47)25(17(4)39)38-28(45)20(10-11-23(33)40)35-27(44)19(32)14-24(41)42/h5-9,15-17,19-22,25,39H,10-14,32H2,1-4H3,(H2,33,40)(H,34,47)(H,35,44)(H,36,43)(H,37,46)(H,38,45)(H,41,42)(H,48,49)/t16-,17+,19-,20-,21-,22-,25-/m0/s1.